The fourth-order valence-corrected chi connectivity index (χ4v) is 4.54. The molecule has 130 valence electrons. The van der Waals surface area contributed by atoms with E-state index >= 15 is 0 Å². The number of aliphatic carboxylic acids is 1. The van der Waals surface area contributed by atoms with E-state index in [1.165, 1.54) is 70.6 Å². The van der Waals surface area contributed by atoms with Crippen molar-refractivity contribution in [2.24, 2.45) is 11.8 Å². The van der Waals surface area contributed by atoms with Gasteiger partial charge in [-0.2, -0.15) is 12.6 Å². The maximum absolute atomic E-state index is 10.5. The standard InChI is InChI=1S/C19H36O2S/c1-2-3-4-7-11-16-12-10-14-18(22)17(16)13-8-5-6-9-15-19(20)21/h16-18,22H,2-15H2,1H3,(H,20,21). The summed E-state index contributed by atoms with van der Waals surface area (Å²) in [5, 5.41) is 9.25. The number of carboxylic acids is 1. The van der Waals surface area contributed by atoms with Crippen LogP contribution in [0.1, 0.15) is 96.8 Å². The molecule has 0 spiro atoms. The molecule has 0 bridgehead atoms. The molecule has 3 heteroatoms. The van der Waals surface area contributed by atoms with Crippen molar-refractivity contribution in [3.05, 3.63) is 0 Å². The first-order valence-electron chi connectivity index (χ1n) is 9.55. The van der Waals surface area contributed by atoms with Gasteiger partial charge >= 0.3 is 5.97 Å². The van der Waals surface area contributed by atoms with Gasteiger partial charge in [-0.25, -0.2) is 0 Å². The van der Waals surface area contributed by atoms with E-state index in [9.17, 15) is 4.79 Å². The number of carboxylic acid groups (broad SMARTS) is 1. The highest BCUT2D eigenvalue weighted by Crippen LogP contribution is 2.39. The largest absolute Gasteiger partial charge is 0.481 e. The zero-order valence-electron chi connectivity index (χ0n) is 14.4. The predicted octanol–water partition coefficient (Wildman–Crippen LogP) is 6.10. The van der Waals surface area contributed by atoms with Gasteiger partial charge in [-0.3, -0.25) is 4.79 Å². The molecule has 22 heavy (non-hydrogen) atoms. The molecule has 3 atom stereocenters. The van der Waals surface area contributed by atoms with Crippen molar-refractivity contribution in [3.63, 3.8) is 0 Å². The average Bonchev–Trinajstić information content (AvgIpc) is 2.49. The molecule has 0 amide bonds. The lowest BCUT2D eigenvalue weighted by Crippen LogP contribution is -2.29. The molecule has 0 aromatic carbocycles. The van der Waals surface area contributed by atoms with Crippen LogP contribution in [0, 0.1) is 11.8 Å². The third-order valence-corrected chi connectivity index (χ3v) is 5.92. The van der Waals surface area contributed by atoms with Crippen LogP contribution >= 0.6 is 12.6 Å². The second-order valence-electron chi connectivity index (χ2n) is 7.12. The van der Waals surface area contributed by atoms with Crippen LogP contribution in [0.2, 0.25) is 0 Å². The first-order valence-corrected chi connectivity index (χ1v) is 10.1. The molecule has 0 aliphatic heterocycles. The molecule has 1 aliphatic rings. The van der Waals surface area contributed by atoms with Crippen LogP contribution in [0.4, 0.5) is 0 Å². The van der Waals surface area contributed by atoms with Gasteiger partial charge in [0.1, 0.15) is 0 Å². The summed E-state index contributed by atoms with van der Waals surface area (Å²) >= 11 is 4.87. The fraction of sp³-hybridized carbons (Fsp3) is 0.947. The minimum absolute atomic E-state index is 0.332. The monoisotopic (exact) mass is 328 g/mol. The molecule has 2 nitrogen and oxygen atoms in total. The molecule has 1 rings (SSSR count). The van der Waals surface area contributed by atoms with E-state index in [4.69, 9.17) is 17.7 Å². The third-order valence-electron chi connectivity index (χ3n) is 5.28. The number of hydrogen-bond acceptors (Lipinski definition) is 2. The number of hydrogen-bond donors (Lipinski definition) is 2. The Morgan fingerprint density at radius 2 is 1.68 bits per heavy atom. The number of unbranched alkanes of at least 4 members (excludes halogenated alkanes) is 6. The Bertz CT molecular complexity index is 293. The van der Waals surface area contributed by atoms with Gasteiger partial charge in [-0.15, -0.1) is 0 Å². The van der Waals surface area contributed by atoms with Crippen molar-refractivity contribution in [3.8, 4) is 0 Å². The Balaban J connectivity index is 2.21. The van der Waals surface area contributed by atoms with E-state index < -0.39 is 5.97 Å². The SMILES string of the molecule is CCCCCCC1CCCC(S)C1CCCCCCC(=O)O. The molecular formula is C19H36O2S. The Labute approximate surface area is 142 Å². The number of carbonyl (C=O) groups is 1. The van der Waals surface area contributed by atoms with Gasteiger partial charge < -0.3 is 5.11 Å². The highest BCUT2D eigenvalue weighted by Gasteiger charge is 2.30. The summed E-state index contributed by atoms with van der Waals surface area (Å²) in [6.07, 6.45) is 16.9. The molecule has 1 N–H and O–H groups in total. The van der Waals surface area contributed by atoms with Crippen LogP contribution in [0.15, 0.2) is 0 Å². The van der Waals surface area contributed by atoms with E-state index in [1.807, 2.05) is 0 Å². The molecule has 1 aliphatic carbocycles. The maximum Gasteiger partial charge on any atom is 0.303 e. The number of rotatable bonds is 12. The number of thiol groups is 1. The van der Waals surface area contributed by atoms with Crippen LogP contribution in [-0.2, 0) is 4.79 Å². The fourth-order valence-electron chi connectivity index (χ4n) is 3.96. The first kappa shape index (κ1) is 19.9. The van der Waals surface area contributed by atoms with Crippen molar-refractivity contribution in [1.29, 1.82) is 0 Å². The van der Waals surface area contributed by atoms with Gasteiger partial charge in [0, 0.05) is 11.7 Å². The smallest absolute Gasteiger partial charge is 0.303 e. The molecule has 0 aromatic rings. The van der Waals surface area contributed by atoms with Gasteiger partial charge in [0.15, 0.2) is 0 Å². The van der Waals surface area contributed by atoms with Crippen molar-refractivity contribution in [2.75, 3.05) is 0 Å². The Kier molecular flexibility index (Phi) is 11.1. The van der Waals surface area contributed by atoms with Gasteiger partial charge in [-0.05, 0) is 31.1 Å². The molecule has 0 aromatic heterocycles. The minimum atomic E-state index is -0.658. The summed E-state index contributed by atoms with van der Waals surface area (Å²) in [6.45, 7) is 2.28. The molecule has 0 heterocycles. The van der Waals surface area contributed by atoms with Gasteiger partial charge in [0.2, 0.25) is 0 Å². The Morgan fingerprint density at radius 1 is 1.00 bits per heavy atom. The van der Waals surface area contributed by atoms with Crippen LogP contribution in [0.5, 0.6) is 0 Å². The molecule has 1 fully saturated rings. The van der Waals surface area contributed by atoms with Crippen LogP contribution in [0.25, 0.3) is 0 Å². The van der Waals surface area contributed by atoms with Crippen molar-refractivity contribution in [2.45, 2.75) is 102 Å². The highest BCUT2D eigenvalue weighted by atomic mass is 32.1. The van der Waals surface area contributed by atoms with Gasteiger partial charge in [0.05, 0.1) is 0 Å². The van der Waals surface area contributed by atoms with Gasteiger partial charge in [-0.1, -0.05) is 71.1 Å². The lowest BCUT2D eigenvalue weighted by Gasteiger charge is -2.36. The summed E-state index contributed by atoms with van der Waals surface area (Å²) < 4.78 is 0. The molecule has 0 radical (unpaired) electrons. The molecule has 0 saturated heterocycles. The second-order valence-corrected chi connectivity index (χ2v) is 7.78. The quantitative estimate of drug-likeness (QED) is 0.335. The maximum atomic E-state index is 10.5. The average molecular weight is 329 g/mol. The zero-order valence-corrected chi connectivity index (χ0v) is 15.3. The second kappa shape index (κ2) is 12.3. The Morgan fingerprint density at radius 3 is 2.41 bits per heavy atom. The highest BCUT2D eigenvalue weighted by molar-refractivity contribution is 7.81. The Hall–Kier alpha value is -0.180. The third kappa shape index (κ3) is 8.45. The molecule has 1 saturated carbocycles. The van der Waals surface area contributed by atoms with Crippen molar-refractivity contribution >= 4 is 18.6 Å². The predicted molar refractivity (Wildman–Crippen MR) is 97.7 cm³/mol. The van der Waals surface area contributed by atoms with E-state index in [0.717, 1.165) is 24.7 Å². The van der Waals surface area contributed by atoms with Crippen molar-refractivity contribution < 1.29 is 9.90 Å². The van der Waals surface area contributed by atoms with Gasteiger partial charge in [0.25, 0.3) is 0 Å². The minimum Gasteiger partial charge on any atom is -0.481 e. The summed E-state index contributed by atoms with van der Waals surface area (Å²) in [4.78, 5) is 10.5. The summed E-state index contributed by atoms with van der Waals surface area (Å²) in [6, 6.07) is 0. The lowest BCUT2D eigenvalue weighted by molar-refractivity contribution is -0.137. The molecule has 3 unspecified atom stereocenters. The summed E-state index contributed by atoms with van der Waals surface area (Å²) in [5.41, 5.74) is 0. The zero-order chi connectivity index (χ0) is 16.2. The first-order chi connectivity index (χ1) is 10.6. The van der Waals surface area contributed by atoms with E-state index in [0.29, 0.717) is 11.7 Å². The normalized spacial score (nSPS) is 25.3. The van der Waals surface area contributed by atoms with Crippen LogP contribution in [0.3, 0.4) is 0 Å². The van der Waals surface area contributed by atoms with E-state index in [-0.39, 0.29) is 0 Å². The summed E-state index contributed by atoms with van der Waals surface area (Å²) in [5.74, 6) is 1.04. The topological polar surface area (TPSA) is 37.3 Å². The molecular weight excluding hydrogens is 292 g/mol. The van der Waals surface area contributed by atoms with Crippen molar-refractivity contribution in [1.82, 2.24) is 0 Å². The van der Waals surface area contributed by atoms with Crippen LogP contribution < -0.4 is 0 Å². The van der Waals surface area contributed by atoms with Crippen LogP contribution in [-0.4, -0.2) is 16.3 Å². The lowest BCUT2D eigenvalue weighted by atomic mass is 9.74. The summed E-state index contributed by atoms with van der Waals surface area (Å²) in [7, 11) is 0. The van der Waals surface area contributed by atoms with E-state index in [2.05, 4.69) is 6.92 Å². The van der Waals surface area contributed by atoms with E-state index in [1.54, 1.807) is 0 Å².